The van der Waals surface area contributed by atoms with Gasteiger partial charge in [0.25, 0.3) is 0 Å². The monoisotopic (exact) mass is 412 g/mol. The van der Waals surface area contributed by atoms with Crippen LogP contribution in [-0.4, -0.2) is 26.2 Å². The number of halogens is 1. The number of ether oxygens (including phenoxy) is 2. The van der Waals surface area contributed by atoms with Gasteiger partial charge in [0.2, 0.25) is 0 Å². The Labute approximate surface area is 175 Å². The van der Waals surface area contributed by atoms with Crippen molar-refractivity contribution in [2.45, 2.75) is 12.8 Å². The number of carbonyl (C=O) groups is 2. The van der Waals surface area contributed by atoms with Gasteiger partial charge in [0.1, 0.15) is 0 Å². The molecule has 0 bridgehead atoms. The first-order chi connectivity index (χ1) is 13.8. The van der Waals surface area contributed by atoms with Crippen LogP contribution in [0.3, 0.4) is 0 Å². The van der Waals surface area contributed by atoms with Crippen LogP contribution < -0.4 is 0 Å². The average molecular weight is 413 g/mol. The van der Waals surface area contributed by atoms with E-state index in [1.54, 1.807) is 24.3 Å². The zero-order valence-electron chi connectivity index (χ0n) is 16.3. The third kappa shape index (κ3) is 5.13. The molecule has 7 heteroatoms. The van der Waals surface area contributed by atoms with Crippen LogP contribution in [0, 0.1) is 34.0 Å². The van der Waals surface area contributed by atoms with Gasteiger partial charge in [0.15, 0.2) is 5.41 Å². The van der Waals surface area contributed by atoms with Gasteiger partial charge in [-0.15, -0.1) is 13.2 Å². The first-order valence-electron chi connectivity index (χ1n) is 8.56. The summed E-state index contributed by atoms with van der Waals surface area (Å²) in [6.45, 7) is 7.24. The maximum Gasteiger partial charge on any atom is 0.335 e. The van der Waals surface area contributed by atoms with Crippen molar-refractivity contribution in [3.63, 3.8) is 0 Å². The lowest BCUT2D eigenvalue weighted by atomic mass is 9.71. The smallest absolute Gasteiger partial charge is 0.335 e. The standard InChI is InChI=1S/C22H21ClN2O4/c1-5-7-17(20(26)28-3)18(21(27)29-4)19(15-8-10-16(23)11-9-15)22(13-24,14-25)12-6-2/h5-6,8-11,17H,1-2,7,12H2,3-4H3/b19-18+. The molecule has 0 aliphatic rings. The molecule has 0 heterocycles. The van der Waals surface area contributed by atoms with E-state index in [-0.39, 0.29) is 24.0 Å². The maximum atomic E-state index is 12.8. The molecule has 0 saturated carbocycles. The number of nitriles is 2. The van der Waals surface area contributed by atoms with Crippen LogP contribution in [0.2, 0.25) is 5.02 Å². The van der Waals surface area contributed by atoms with Crippen molar-refractivity contribution in [1.29, 1.82) is 10.5 Å². The second kappa shape index (κ2) is 10.8. The fourth-order valence-corrected chi connectivity index (χ4v) is 3.09. The highest BCUT2D eigenvalue weighted by atomic mass is 35.5. The van der Waals surface area contributed by atoms with E-state index >= 15 is 0 Å². The Morgan fingerprint density at radius 3 is 2.14 bits per heavy atom. The van der Waals surface area contributed by atoms with Gasteiger partial charge in [-0.1, -0.05) is 35.9 Å². The van der Waals surface area contributed by atoms with Crippen molar-refractivity contribution < 1.29 is 19.1 Å². The molecule has 0 radical (unpaired) electrons. The van der Waals surface area contributed by atoms with E-state index in [0.717, 1.165) is 7.11 Å². The van der Waals surface area contributed by atoms with Crippen molar-refractivity contribution in [2.24, 2.45) is 11.3 Å². The Hall–Kier alpha value is -3.35. The van der Waals surface area contributed by atoms with Gasteiger partial charge in [-0.2, -0.15) is 10.5 Å². The fourth-order valence-electron chi connectivity index (χ4n) is 2.96. The Morgan fingerprint density at radius 1 is 1.14 bits per heavy atom. The van der Waals surface area contributed by atoms with Crippen LogP contribution in [0.15, 0.2) is 55.1 Å². The molecule has 6 nitrogen and oxygen atoms in total. The van der Waals surface area contributed by atoms with Gasteiger partial charge in [0.05, 0.1) is 37.8 Å². The van der Waals surface area contributed by atoms with E-state index in [2.05, 4.69) is 13.2 Å². The van der Waals surface area contributed by atoms with Crippen molar-refractivity contribution in [3.8, 4) is 12.1 Å². The van der Waals surface area contributed by atoms with E-state index in [1.165, 1.54) is 19.3 Å². The summed E-state index contributed by atoms with van der Waals surface area (Å²) in [6, 6.07) is 10.2. The molecule has 1 aromatic carbocycles. The van der Waals surface area contributed by atoms with Gasteiger partial charge in [-0.3, -0.25) is 4.79 Å². The van der Waals surface area contributed by atoms with Crippen LogP contribution in [0.1, 0.15) is 18.4 Å². The first kappa shape index (κ1) is 23.7. The van der Waals surface area contributed by atoms with Gasteiger partial charge in [-0.25, -0.2) is 4.79 Å². The molecule has 0 aliphatic carbocycles. The van der Waals surface area contributed by atoms with Gasteiger partial charge in [0, 0.05) is 17.0 Å². The largest absolute Gasteiger partial charge is 0.469 e. The molecule has 1 atom stereocenters. The topological polar surface area (TPSA) is 100 Å². The van der Waals surface area contributed by atoms with E-state index < -0.39 is 23.3 Å². The number of hydrogen-bond acceptors (Lipinski definition) is 6. The molecule has 29 heavy (non-hydrogen) atoms. The summed E-state index contributed by atoms with van der Waals surface area (Å²) in [5.41, 5.74) is -1.53. The number of rotatable bonds is 9. The molecular weight excluding hydrogens is 392 g/mol. The number of benzene rings is 1. The van der Waals surface area contributed by atoms with E-state index in [4.69, 9.17) is 21.1 Å². The molecular formula is C22H21ClN2O4. The van der Waals surface area contributed by atoms with Crippen molar-refractivity contribution in [1.82, 2.24) is 0 Å². The van der Waals surface area contributed by atoms with Crippen LogP contribution in [0.5, 0.6) is 0 Å². The summed E-state index contributed by atoms with van der Waals surface area (Å²) in [5, 5.41) is 20.3. The summed E-state index contributed by atoms with van der Waals surface area (Å²) >= 11 is 5.97. The number of carbonyl (C=O) groups excluding carboxylic acids is 2. The second-order valence-corrected chi connectivity index (χ2v) is 6.45. The Bertz CT molecular complexity index is 890. The van der Waals surface area contributed by atoms with Crippen molar-refractivity contribution in [2.75, 3.05) is 14.2 Å². The van der Waals surface area contributed by atoms with Crippen LogP contribution in [0.25, 0.3) is 5.57 Å². The van der Waals surface area contributed by atoms with Crippen LogP contribution in [0.4, 0.5) is 0 Å². The van der Waals surface area contributed by atoms with Gasteiger partial charge >= 0.3 is 11.9 Å². The lowest BCUT2D eigenvalue weighted by Gasteiger charge is -2.27. The predicted octanol–water partition coefficient (Wildman–Crippen LogP) is 4.24. The zero-order chi connectivity index (χ0) is 22.0. The normalized spacial score (nSPS) is 12.4. The fraction of sp³-hybridized carbons (Fsp3) is 0.273. The Kier molecular flexibility index (Phi) is 8.86. The first-order valence-corrected chi connectivity index (χ1v) is 8.94. The summed E-state index contributed by atoms with van der Waals surface area (Å²) in [6.07, 6.45) is 2.80. The molecule has 0 spiro atoms. The molecule has 0 saturated heterocycles. The maximum absolute atomic E-state index is 12.8. The van der Waals surface area contributed by atoms with E-state index in [0.29, 0.717) is 10.6 Å². The molecule has 0 fully saturated rings. The Balaban J connectivity index is 4.15. The molecule has 1 unspecified atom stereocenters. The minimum absolute atomic E-state index is 0.0369. The molecule has 0 aromatic heterocycles. The Morgan fingerprint density at radius 2 is 1.72 bits per heavy atom. The van der Waals surface area contributed by atoms with Crippen LogP contribution in [-0.2, 0) is 19.1 Å². The highest BCUT2D eigenvalue weighted by Crippen LogP contribution is 2.43. The second-order valence-electron chi connectivity index (χ2n) is 6.01. The predicted molar refractivity (Wildman–Crippen MR) is 109 cm³/mol. The van der Waals surface area contributed by atoms with Crippen LogP contribution >= 0.6 is 11.6 Å². The molecule has 0 N–H and O–H groups in total. The van der Waals surface area contributed by atoms with Crippen molar-refractivity contribution in [3.05, 3.63) is 65.7 Å². The number of allylic oxidation sites excluding steroid dienone is 3. The third-order valence-corrected chi connectivity index (χ3v) is 4.56. The molecule has 1 aromatic rings. The molecule has 150 valence electrons. The summed E-state index contributed by atoms with van der Waals surface area (Å²) in [4.78, 5) is 25.3. The molecule has 1 rings (SSSR count). The molecule has 0 amide bonds. The van der Waals surface area contributed by atoms with Gasteiger partial charge < -0.3 is 9.47 Å². The minimum atomic E-state index is -1.80. The highest BCUT2D eigenvalue weighted by molar-refractivity contribution is 6.30. The zero-order valence-corrected chi connectivity index (χ0v) is 17.0. The van der Waals surface area contributed by atoms with Crippen molar-refractivity contribution >= 4 is 29.1 Å². The SMILES string of the molecule is C=CCC(C(=O)OC)/C(C(=O)OC)=C(/c1ccc(Cl)cc1)C(C#N)(C#N)CC=C. The summed E-state index contributed by atoms with van der Waals surface area (Å²) in [5.74, 6) is -2.70. The lowest BCUT2D eigenvalue weighted by Crippen LogP contribution is -2.29. The average Bonchev–Trinajstić information content (AvgIpc) is 2.74. The summed E-state index contributed by atoms with van der Waals surface area (Å²) in [7, 11) is 2.33. The van der Waals surface area contributed by atoms with E-state index in [1.807, 2.05) is 12.1 Å². The summed E-state index contributed by atoms with van der Waals surface area (Å²) < 4.78 is 9.76. The molecule has 0 aliphatic heterocycles. The quantitative estimate of drug-likeness (QED) is 0.341. The van der Waals surface area contributed by atoms with E-state index in [9.17, 15) is 20.1 Å². The number of esters is 2. The highest BCUT2D eigenvalue weighted by Gasteiger charge is 2.42. The number of nitrogens with zero attached hydrogens (tertiary/aromatic N) is 2. The third-order valence-electron chi connectivity index (χ3n) is 4.30. The number of hydrogen-bond donors (Lipinski definition) is 0. The number of methoxy groups -OCH3 is 2. The van der Waals surface area contributed by atoms with Gasteiger partial charge in [-0.05, 0) is 24.1 Å². The lowest BCUT2D eigenvalue weighted by molar-refractivity contribution is -0.147. The minimum Gasteiger partial charge on any atom is -0.469 e.